The van der Waals surface area contributed by atoms with Crippen molar-refractivity contribution < 1.29 is 9.84 Å². The summed E-state index contributed by atoms with van der Waals surface area (Å²) in [6, 6.07) is 0. The zero-order valence-corrected chi connectivity index (χ0v) is 7.25. The van der Waals surface area contributed by atoms with Crippen LogP contribution in [0.1, 0.15) is 32.6 Å². The summed E-state index contributed by atoms with van der Waals surface area (Å²) in [6.45, 7) is 3.70. The highest BCUT2D eigenvalue weighted by molar-refractivity contribution is 4.64. The van der Waals surface area contributed by atoms with Crippen LogP contribution >= 0.6 is 0 Å². The van der Waals surface area contributed by atoms with Crippen molar-refractivity contribution in [2.75, 3.05) is 13.2 Å². The maximum absolute atomic E-state index is 9.04. The van der Waals surface area contributed by atoms with E-state index in [1.807, 2.05) is 6.92 Å². The molecule has 2 nitrogen and oxygen atoms in total. The third-order valence-electron chi connectivity index (χ3n) is 2.25. The number of ether oxygens (including phenoxy) is 1. The predicted octanol–water partition coefficient (Wildman–Crippen LogP) is 1.57. The van der Waals surface area contributed by atoms with Gasteiger partial charge in [-0.15, -0.1) is 0 Å². The summed E-state index contributed by atoms with van der Waals surface area (Å²) < 4.78 is 5.33. The molecule has 1 N–H and O–H groups in total. The first-order valence-corrected chi connectivity index (χ1v) is 4.55. The van der Waals surface area contributed by atoms with Crippen molar-refractivity contribution in [3.05, 3.63) is 0 Å². The Kier molecular flexibility index (Phi) is 3.87. The second-order valence-corrected chi connectivity index (χ2v) is 3.51. The molecule has 0 aromatic heterocycles. The highest BCUT2D eigenvalue weighted by Gasteiger charge is 2.13. The molecule has 0 aliphatic carbocycles. The van der Waals surface area contributed by atoms with Crippen LogP contribution in [0.15, 0.2) is 0 Å². The van der Waals surface area contributed by atoms with Gasteiger partial charge >= 0.3 is 0 Å². The van der Waals surface area contributed by atoms with E-state index in [-0.39, 0.29) is 6.10 Å². The van der Waals surface area contributed by atoms with E-state index in [0.717, 1.165) is 26.1 Å². The normalized spacial score (nSPS) is 28.4. The summed E-state index contributed by atoms with van der Waals surface area (Å²) in [6.07, 6.45) is 4.39. The van der Waals surface area contributed by atoms with Gasteiger partial charge in [-0.2, -0.15) is 0 Å². The van der Waals surface area contributed by atoms with Crippen LogP contribution in [-0.4, -0.2) is 24.4 Å². The largest absolute Gasteiger partial charge is 0.393 e. The standard InChI is InChI=1S/C9H18O2/c1-8(10)4-5-9-3-2-6-11-7-9/h8-10H,2-7H2,1H3/t8-,9?/m1/s1. The molecule has 1 rings (SSSR count). The molecule has 1 unspecified atom stereocenters. The fourth-order valence-corrected chi connectivity index (χ4v) is 1.51. The summed E-state index contributed by atoms with van der Waals surface area (Å²) in [5, 5.41) is 9.04. The molecule has 0 radical (unpaired) electrons. The van der Waals surface area contributed by atoms with Gasteiger partial charge in [0.1, 0.15) is 0 Å². The van der Waals surface area contributed by atoms with E-state index in [4.69, 9.17) is 9.84 Å². The number of aliphatic hydroxyl groups excluding tert-OH is 1. The molecule has 0 aromatic rings. The highest BCUT2D eigenvalue weighted by Crippen LogP contribution is 2.19. The first kappa shape index (κ1) is 9.01. The van der Waals surface area contributed by atoms with Crippen molar-refractivity contribution in [3.8, 4) is 0 Å². The van der Waals surface area contributed by atoms with Crippen molar-refractivity contribution >= 4 is 0 Å². The van der Waals surface area contributed by atoms with E-state index in [1.165, 1.54) is 12.8 Å². The lowest BCUT2D eigenvalue weighted by molar-refractivity contribution is 0.0453. The lowest BCUT2D eigenvalue weighted by Gasteiger charge is -2.22. The first-order chi connectivity index (χ1) is 5.29. The van der Waals surface area contributed by atoms with Crippen LogP contribution in [0.2, 0.25) is 0 Å². The topological polar surface area (TPSA) is 29.5 Å². The molecule has 0 bridgehead atoms. The number of hydrogen-bond donors (Lipinski definition) is 1. The van der Waals surface area contributed by atoms with Crippen molar-refractivity contribution in [2.24, 2.45) is 5.92 Å². The zero-order chi connectivity index (χ0) is 8.10. The summed E-state index contributed by atoms with van der Waals surface area (Å²) in [5.74, 6) is 0.707. The van der Waals surface area contributed by atoms with Gasteiger partial charge in [0.2, 0.25) is 0 Å². The van der Waals surface area contributed by atoms with Crippen LogP contribution in [0.3, 0.4) is 0 Å². The van der Waals surface area contributed by atoms with Gasteiger partial charge in [-0.05, 0) is 38.5 Å². The maximum Gasteiger partial charge on any atom is 0.0512 e. The minimum Gasteiger partial charge on any atom is -0.393 e. The monoisotopic (exact) mass is 158 g/mol. The van der Waals surface area contributed by atoms with E-state index >= 15 is 0 Å². The highest BCUT2D eigenvalue weighted by atomic mass is 16.5. The summed E-state index contributed by atoms with van der Waals surface area (Å²) in [7, 11) is 0. The van der Waals surface area contributed by atoms with E-state index in [9.17, 15) is 0 Å². The van der Waals surface area contributed by atoms with Crippen molar-refractivity contribution in [1.82, 2.24) is 0 Å². The fourth-order valence-electron chi connectivity index (χ4n) is 1.51. The second-order valence-electron chi connectivity index (χ2n) is 3.51. The van der Waals surface area contributed by atoms with Crippen LogP contribution in [0.4, 0.5) is 0 Å². The van der Waals surface area contributed by atoms with Crippen LogP contribution < -0.4 is 0 Å². The molecule has 66 valence electrons. The van der Waals surface area contributed by atoms with Gasteiger partial charge in [0, 0.05) is 13.2 Å². The average molecular weight is 158 g/mol. The van der Waals surface area contributed by atoms with E-state index in [0.29, 0.717) is 5.92 Å². The molecule has 2 heteroatoms. The van der Waals surface area contributed by atoms with Crippen molar-refractivity contribution in [2.45, 2.75) is 38.7 Å². The Bertz CT molecular complexity index is 95.7. The number of hydrogen-bond acceptors (Lipinski definition) is 2. The van der Waals surface area contributed by atoms with Gasteiger partial charge in [-0.3, -0.25) is 0 Å². The zero-order valence-electron chi connectivity index (χ0n) is 7.25. The van der Waals surface area contributed by atoms with Gasteiger partial charge in [0.05, 0.1) is 6.10 Å². The summed E-state index contributed by atoms with van der Waals surface area (Å²) in [5.41, 5.74) is 0. The Hall–Kier alpha value is -0.0800. The molecule has 11 heavy (non-hydrogen) atoms. The Morgan fingerprint density at radius 3 is 3.00 bits per heavy atom. The molecule has 2 atom stereocenters. The van der Waals surface area contributed by atoms with E-state index < -0.39 is 0 Å². The molecule has 1 aliphatic heterocycles. The molecule has 0 aromatic carbocycles. The van der Waals surface area contributed by atoms with Crippen molar-refractivity contribution in [1.29, 1.82) is 0 Å². The second kappa shape index (κ2) is 4.73. The molecule has 1 heterocycles. The Morgan fingerprint density at radius 2 is 2.45 bits per heavy atom. The van der Waals surface area contributed by atoms with Gasteiger partial charge in [-0.25, -0.2) is 0 Å². The van der Waals surface area contributed by atoms with Crippen LogP contribution in [-0.2, 0) is 4.74 Å². The molecule has 1 fully saturated rings. The Morgan fingerprint density at radius 1 is 1.64 bits per heavy atom. The smallest absolute Gasteiger partial charge is 0.0512 e. The molecular formula is C9H18O2. The minimum absolute atomic E-state index is 0.142. The fraction of sp³-hybridized carbons (Fsp3) is 1.00. The minimum atomic E-state index is -0.142. The lowest BCUT2D eigenvalue weighted by Crippen LogP contribution is -2.18. The maximum atomic E-state index is 9.04. The molecular weight excluding hydrogens is 140 g/mol. The molecule has 1 aliphatic rings. The van der Waals surface area contributed by atoms with Crippen LogP contribution in [0, 0.1) is 5.92 Å². The van der Waals surface area contributed by atoms with Crippen LogP contribution in [0.5, 0.6) is 0 Å². The van der Waals surface area contributed by atoms with E-state index in [1.54, 1.807) is 0 Å². The number of aliphatic hydroxyl groups is 1. The van der Waals surface area contributed by atoms with Gasteiger partial charge in [0.15, 0.2) is 0 Å². The molecule has 0 spiro atoms. The first-order valence-electron chi connectivity index (χ1n) is 4.55. The third-order valence-corrected chi connectivity index (χ3v) is 2.25. The Balaban J connectivity index is 2.05. The third kappa shape index (κ3) is 3.73. The van der Waals surface area contributed by atoms with Crippen LogP contribution in [0.25, 0.3) is 0 Å². The molecule has 1 saturated heterocycles. The van der Waals surface area contributed by atoms with Crippen molar-refractivity contribution in [3.63, 3.8) is 0 Å². The SMILES string of the molecule is C[C@@H](O)CCC1CCCOC1. The molecule has 0 saturated carbocycles. The summed E-state index contributed by atoms with van der Waals surface area (Å²) >= 11 is 0. The van der Waals surface area contributed by atoms with Gasteiger partial charge < -0.3 is 9.84 Å². The molecule has 0 amide bonds. The van der Waals surface area contributed by atoms with Gasteiger partial charge in [0.25, 0.3) is 0 Å². The summed E-state index contributed by atoms with van der Waals surface area (Å²) in [4.78, 5) is 0. The van der Waals surface area contributed by atoms with E-state index in [2.05, 4.69) is 0 Å². The average Bonchev–Trinajstić information content (AvgIpc) is 2.03. The van der Waals surface area contributed by atoms with Gasteiger partial charge in [-0.1, -0.05) is 0 Å². The Labute approximate surface area is 68.6 Å². The number of rotatable bonds is 3. The predicted molar refractivity (Wildman–Crippen MR) is 44.5 cm³/mol. The lowest BCUT2D eigenvalue weighted by atomic mass is 9.96. The quantitative estimate of drug-likeness (QED) is 0.675.